The number of anilines is 1. The molecule has 0 aliphatic heterocycles. The quantitative estimate of drug-likeness (QED) is 0.277. The first-order valence-corrected chi connectivity index (χ1v) is 16.3. The fraction of sp³-hybridized carbons (Fsp3) is 0.394. The standard InChI is InChI=1S/C33H40FN3O6S/c1-4-43-30-18-14-28(15-19-30)37(44(40,41)31-20-12-26(34)13-21-31)23-32(38)36(22-25-10-16-29(42-3)17-11-25)24(2)33(39)35-27-8-6-5-7-9-27/h10-21,24,27H,4-9,22-23H2,1-3H3,(H,35,39). The summed E-state index contributed by atoms with van der Waals surface area (Å²) in [5, 5.41) is 3.09. The second-order valence-corrected chi connectivity index (χ2v) is 12.6. The van der Waals surface area contributed by atoms with Crippen molar-refractivity contribution in [2.24, 2.45) is 0 Å². The van der Waals surface area contributed by atoms with Gasteiger partial charge in [-0.3, -0.25) is 13.9 Å². The van der Waals surface area contributed by atoms with Gasteiger partial charge in [0.05, 0.1) is 24.3 Å². The van der Waals surface area contributed by atoms with Gasteiger partial charge in [-0.05, 0) is 92.9 Å². The number of nitrogens with one attached hydrogen (secondary N) is 1. The van der Waals surface area contributed by atoms with Crippen LogP contribution in [-0.2, 0) is 26.2 Å². The molecule has 1 aliphatic carbocycles. The molecule has 44 heavy (non-hydrogen) atoms. The van der Waals surface area contributed by atoms with Crippen LogP contribution < -0.4 is 19.1 Å². The van der Waals surface area contributed by atoms with E-state index in [-0.39, 0.29) is 29.1 Å². The largest absolute Gasteiger partial charge is 0.497 e. The van der Waals surface area contributed by atoms with Crippen molar-refractivity contribution in [2.75, 3.05) is 24.6 Å². The predicted octanol–water partition coefficient (Wildman–Crippen LogP) is 5.29. The number of hydrogen-bond acceptors (Lipinski definition) is 6. The van der Waals surface area contributed by atoms with Crippen LogP contribution >= 0.6 is 0 Å². The monoisotopic (exact) mass is 625 g/mol. The van der Waals surface area contributed by atoms with Crippen LogP contribution in [0.2, 0.25) is 0 Å². The molecule has 11 heteroatoms. The van der Waals surface area contributed by atoms with Gasteiger partial charge in [-0.2, -0.15) is 0 Å². The third-order valence-corrected chi connectivity index (χ3v) is 9.54. The molecule has 0 heterocycles. The average Bonchev–Trinajstić information content (AvgIpc) is 3.03. The van der Waals surface area contributed by atoms with E-state index < -0.39 is 34.3 Å². The van der Waals surface area contributed by atoms with E-state index in [9.17, 15) is 22.4 Å². The van der Waals surface area contributed by atoms with E-state index in [1.54, 1.807) is 62.6 Å². The third kappa shape index (κ3) is 8.28. The van der Waals surface area contributed by atoms with Crippen LogP contribution in [-0.4, -0.2) is 57.5 Å². The minimum atomic E-state index is -4.31. The van der Waals surface area contributed by atoms with Crippen molar-refractivity contribution >= 4 is 27.5 Å². The summed E-state index contributed by atoms with van der Waals surface area (Å²) in [7, 11) is -2.76. The highest BCUT2D eigenvalue weighted by molar-refractivity contribution is 7.92. The molecular weight excluding hydrogens is 585 g/mol. The number of benzene rings is 3. The number of amides is 2. The number of halogens is 1. The lowest BCUT2D eigenvalue weighted by molar-refractivity contribution is -0.139. The van der Waals surface area contributed by atoms with E-state index in [2.05, 4.69) is 5.32 Å². The van der Waals surface area contributed by atoms with Crippen LogP contribution in [0, 0.1) is 5.82 Å². The summed E-state index contributed by atoms with van der Waals surface area (Å²) in [5.74, 6) is -0.284. The minimum absolute atomic E-state index is 0.0378. The van der Waals surface area contributed by atoms with Crippen molar-refractivity contribution in [1.82, 2.24) is 10.2 Å². The Morgan fingerprint density at radius 2 is 1.55 bits per heavy atom. The van der Waals surface area contributed by atoms with Crippen molar-refractivity contribution in [3.8, 4) is 11.5 Å². The van der Waals surface area contributed by atoms with Crippen LogP contribution in [0.15, 0.2) is 77.7 Å². The second-order valence-electron chi connectivity index (χ2n) is 10.8. The van der Waals surface area contributed by atoms with Crippen LogP contribution in [0.5, 0.6) is 11.5 Å². The van der Waals surface area contributed by atoms with E-state index in [4.69, 9.17) is 9.47 Å². The van der Waals surface area contributed by atoms with Gasteiger partial charge < -0.3 is 19.7 Å². The minimum Gasteiger partial charge on any atom is -0.497 e. The van der Waals surface area contributed by atoms with Crippen molar-refractivity contribution in [3.63, 3.8) is 0 Å². The second kappa shape index (κ2) is 15.1. The fourth-order valence-electron chi connectivity index (χ4n) is 5.22. The van der Waals surface area contributed by atoms with Gasteiger partial charge in [0.1, 0.15) is 29.9 Å². The Morgan fingerprint density at radius 3 is 2.14 bits per heavy atom. The van der Waals surface area contributed by atoms with Crippen molar-refractivity contribution in [1.29, 1.82) is 0 Å². The topological polar surface area (TPSA) is 105 Å². The molecular formula is C33H40FN3O6S. The first kappa shape index (κ1) is 32.8. The Bertz CT molecular complexity index is 1490. The highest BCUT2D eigenvalue weighted by Gasteiger charge is 2.33. The molecule has 1 unspecified atom stereocenters. The Hall–Kier alpha value is -4.12. The molecule has 2 amide bonds. The Morgan fingerprint density at radius 1 is 0.932 bits per heavy atom. The van der Waals surface area contributed by atoms with Crippen LogP contribution in [0.3, 0.4) is 0 Å². The summed E-state index contributed by atoms with van der Waals surface area (Å²) >= 11 is 0. The molecule has 1 aliphatic rings. The van der Waals surface area contributed by atoms with Gasteiger partial charge >= 0.3 is 0 Å². The summed E-state index contributed by atoms with van der Waals surface area (Å²) in [4.78, 5) is 28.8. The van der Waals surface area contributed by atoms with Gasteiger partial charge in [0.2, 0.25) is 11.8 Å². The molecule has 3 aromatic rings. The normalized spacial score (nSPS) is 14.4. The summed E-state index contributed by atoms with van der Waals surface area (Å²) in [6.45, 7) is 3.38. The smallest absolute Gasteiger partial charge is 0.264 e. The predicted molar refractivity (Wildman–Crippen MR) is 167 cm³/mol. The lowest BCUT2D eigenvalue weighted by atomic mass is 9.95. The highest BCUT2D eigenvalue weighted by atomic mass is 32.2. The molecule has 0 spiro atoms. The van der Waals surface area contributed by atoms with E-state index in [0.29, 0.717) is 18.1 Å². The molecule has 3 aromatic carbocycles. The van der Waals surface area contributed by atoms with Crippen molar-refractivity contribution < 1.29 is 31.9 Å². The van der Waals surface area contributed by atoms with E-state index in [0.717, 1.165) is 66.2 Å². The maximum absolute atomic E-state index is 14.1. The Balaban J connectivity index is 1.67. The molecule has 1 fully saturated rings. The number of carbonyl (C=O) groups excluding carboxylic acids is 2. The van der Waals surface area contributed by atoms with Crippen molar-refractivity contribution in [3.05, 3.63) is 84.2 Å². The summed E-state index contributed by atoms with van der Waals surface area (Å²) in [6.07, 6.45) is 4.96. The first-order valence-electron chi connectivity index (χ1n) is 14.9. The molecule has 1 saturated carbocycles. The molecule has 9 nitrogen and oxygen atoms in total. The van der Waals surface area contributed by atoms with E-state index in [1.165, 1.54) is 4.90 Å². The molecule has 1 atom stereocenters. The fourth-order valence-corrected chi connectivity index (χ4v) is 6.63. The lowest BCUT2D eigenvalue weighted by Crippen LogP contribution is -2.53. The average molecular weight is 626 g/mol. The zero-order chi connectivity index (χ0) is 31.7. The molecule has 0 saturated heterocycles. The number of methoxy groups -OCH3 is 1. The molecule has 0 aromatic heterocycles. The van der Waals surface area contributed by atoms with Crippen LogP contribution in [0.25, 0.3) is 0 Å². The molecule has 1 N–H and O–H groups in total. The molecule has 4 rings (SSSR count). The first-order chi connectivity index (χ1) is 21.1. The Kier molecular flexibility index (Phi) is 11.2. The lowest BCUT2D eigenvalue weighted by Gasteiger charge is -2.33. The molecule has 0 radical (unpaired) electrons. The van der Waals surface area contributed by atoms with Crippen LogP contribution in [0.1, 0.15) is 51.5 Å². The number of ether oxygens (including phenoxy) is 2. The number of sulfonamides is 1. The van der Waals surface area contributed by atoms with Gasteiger partial charge in [-0.25, -0.2) is 12.8 Å². The maximum Gasteiger partial charge on any atom is 0.264 e. The van der Waals surface area contributed by atoms with Crippen molar-refractivity contribution in [2.45, 2.75) is 69.5 Å². The van der Waals surface area contributed by atoms with Crippen LogP contribution in [0.4, 0.5) is 10.1 Å². The zero-order valence-corrected chi connectivity index (χ0v) is 26.2. The van der Waals surface area contributed by atoms with E-state index in [1.807, 2.05) is 6.92 Å². The third-order valence-electron chi connectivity index (χ3n) is 7.75. The van der Waals surface area contributed by atoms with Gasteiger partial charge in [-0.1, -0.05) is 31.4 Å². The SMILES string of the molecule is CCOc1ccc(N(CC(=O)N(Cc2ccc(OC)cc2)C(C)C(=O)NC2CCCCC2)S(=O)(=O)c2ccc(F)cc2)cc1. The summed E-state index contributed by atoms with van der Waals surface area (Å²) in [5.41, 5.74) is 0.959. The zero-order valence-electron chi connectivity index (χ0n) is 25.4. The number of carbonyl (C=O) groups is 2. The number of rotatable bonds is 13. The summed E-state index contributed by atoms with van der Waals surface area (Å²) < 4.78 is 53.3. The molecule has 0 bridgehead atoms. The number of hydrogen-bond donors (Lipinski definition) is 1. The van der Waals surface area contributed by atoms with E-state index >= 15 is 0 Å². The summed E-state index contributed by atoms with van der Waals surface area (Å²) in [6, 6.07) is 17.0. The van der Waals surface area contributed by atoms with Gasteiger partial charge in [-0.15, -0.1) is 0 Å². The highest BCUT2D eigenvalue weighted by Crippen LogP contribution is 2.27. The van der Waals surface area contributed by atoms with Gasteiger partial charge in [0.15, 0.2) is 0 Å². The Labute approximate surface area is 259 Å². The van der Waals surface area contributed by atoms with Gasteiger partial charge in [0.25, 0.3) is 10.0 Å². The number of nitrogens with zero attached hydrogens (tertiary/aromatic N) is 2. The molecule has 236 valence electrons. The van der Waals surface area contributed by atoms with Gasteiger partial charge in [0, 0.05) is 12.6 Å². The maximum atomic E-state index is 14.1.